The van der Waals surface area contributed by atoms with Crippen molar-refractivity contribution < 1.29 is 27.4 Å². The van der Waals surface area contributed by atoms with E-state index in [9.17, 15) is 13.2 Å². The number of benzene rings is 2. The maximum Gasteiger partial charge on any atom is 0.201 e. The minimum atomic E-state index is -1.12. The Morgan fingerprint density at radius 2 is 1.79 bits per heavy atom. The average Bonchev–Trinajstić information content (AvgIpc) is 2.71. The first-order valence-electron chi connectivity index (χ1n) is 9.68. The van der Waals surface area contributed by atoms with Gasteiger partial charge in [0.05, 0.1) is 25.4 Å². The van der Waals surface area contributed by atoms with Gasteiger partial charge in [-0.05, 0) is 49.9 Å². The summed E-state index contributed by atoms with van der Waals surface area (Å²) in [6.45, 7) is 5.11. The van der Waals surface area contributed by atoms with Crippen LogP contribution in [0, 0.1) is 17.5 Å². The monoisotopic (exact) mass is 394 g/mol. The number of ether oxygens (including phenoxy) is 3. The van der Waals surface area contributed by atoms with Crippen molar-refractivity contribution in [1.29, 1.82) is 0 Å². The standard InChI is InChI=1S/C22H25F3O3/c1-3-11-27-15-6-9-19(28-13-15)14-5-7-16(18(23)12-14)17-8-10-20(26-4-2)22(25)21(17)24/h5,7-8,10,12,15,19H,3-4,6,9,11,13H2,1-2H3. The first-order chi connectivity index (χ1) is 13.5. The molecule has 2 aromatic carbocycles. The van der Waals surface area contributed by atoms with Crippen LogP contribution in [0.5, 0.6) is 5.75 Å². The van der Waals surface area contributed by atoms with E-state index in [0.717, 1.165) is 19.3 Å². The van der Waals surface area contributed by atoms with Crippen LogP contribution in [-0.2, 0) is 9.47 Å². The molecule has 0 amide bonds. The van der Waals surface area contributed by atoms with E-state index in [2.05, 4.69) is 6.92 Å². The van der Waals surface area contributed by atoms with E-state index in [0.29, 0.717) is 18.8 Å². The van der Waals surface area contributed by atoms with Crippen molar-refractivity contribution >= 4 is 0 Å². The van der Waals surface area contributed by atoms with E-state index in [1.165, 1.54) is 24.3 Å². The summed E-state index contributed by atoms with van der Waals surface area (Å²) in [6.07, 6.45) is 2.36. The van der Waals surface area contributed by atoms with Crippen molar-refractivity contribution in [2.45, 2.75) is 45.3 Å². The van der Waals surface area contributed by atoms with Gasteiger partial charge >= 0.3 is 0 Å². The quantitative estimate of drug-likeness (QED) is 0.593. The van der Waals surface area contributed by atoms with Crippen molar-refractivity contribution in [2.75, 3.05) is 19.8 Å². The van der Waals surface area contributed by atoms with Gasteiger partial charge in [-0.1, -0.05) is 19.1 Å². The highest BCUT2D eigenvalue weighted by Crippen LogP contribution is 2.35. The highest BCUT2D eigenvalue weighted by molar-refractivity contribution is 5.66. The van der Waals surface area contributed by atoms with Gasteiger partial charge in [0.15, 0.2) is 11.6 Å². The zero-order chi connectivity index (χ0) is 20.1. The fraction of sp³-hybridized carbons (Fsp3) is 0.455. The van der Waals surface area contributed by atoms with Gasteiger partial charge < -0.3 is 14.2 Å². The molecular weight excluding hydrogens is 369 g/mol. The Balaban J connectivity index is 1.76. The van der Waals surface area contributed by atoms with Gasteiger partial charge in [0.25, 0.3) is 0 Å². The van der Waals surface area contributed by atoms with Gasteiger partial charge in [-0.3, -0.25) is 0 Å². The molecule has 1 aliphatic rings. The molecule has 0 aliphatic carbocycles. The van der Waals surface area contributed by atoms with Gasteiger partial charge in [-0.25, -0.2) is 8.78 Å². The summed E-state index contributed by atoms with van der Waals surface area (Å²) in [7, 11) is 0. The highest BCUT2D eigenvalue weighted by Gasteiger charge is 2.25. The van der Waals surface area contributed by atoms with Crippen molar-refractivity contribution in [1.82, 2.24) is 0 Å². The molecule has 6 heteroatoms. The molecule has 0 aromatic heterocycles. The normalized spacial score (nSPS) is 19.6. The SMILES string of the molecule is CCCOC1CCC(c2ccc(-c3ccc(OCC)c(F)c3F)c(F)c2)OC1. The molecule has 28 heavy (non-hydrogen) atoms. The second-order valence-electron chi connectivity index (χ2n) is 6.80. The van der Waals surface area contributed by atoms with Crippen LogP contribution in [-0.4, -0.2) is 25.9 Å². The molecule has 2 atom stereocenters. The number of hydrogen-bond donors (Lipinski definition) is 0. The van der Waals surface area contributed by atoms with E-state index in [1.54, 1.807) is 13.0 Å². The lowest BCUT2D eigenvalue weighted by molar-refractivity contribution is -0.0866. The molecule has 1 saturated heterocycles. The zero-order valence-electron chi connectivity index (χ0n) is 16.1. The Kier molecular flexibility index (Phi) is 6.97. The fourth-order valence-corrected chi connectivity index (χ4v) is 3.36. The summed E-state index contributed by atoms with van der Waals surface area (Å²) in [6, 6.07) is 7.14. The van der Waals surface area contributed by atoms with E-state index >= 15 is 0 Å². The molecule has 2 unspecified atom stereocenters. The minimum Gasteiger partial charge on any atom is -0.491 e. The third kappa shape index (κ3) is 4.50. The van der Waals surface area contributed by atoms with Gasteiger partial charge in [-0.2, -0.15) is 4.39 Å². The Bertz CT molecular complexity index is 802. The number of hydrogen-bond acceptors (Lipinski definition) is 3. The van der Waals surface area contributed by atoms with Crippen molar-refractivity contribution in [3.63, 3.8) is 0 Å². The van der Waals surface area contributed by atoms with Gasteiger partial charge in [0.1, 0.15) is 5.82 Å². The fourth-order valence-electron chi connectivity index (χ4n) is 3.36. The number of halogens is 3. The first kappa shape index (κ1) is 20.7. The molecule has 3 nitrogen and oxygen atoms in total. The van der Waals surface area contributed by atoms with Crippen molar-refractivity contribution in [3.8, 4) is 16.9 Å². The van der Waals surface area contributed by atoms with E-state index in [1.807, 2.05) is 0 Å². The minimum absolute atomic E-state index is 0.00293. The molecule has 0 bridgehead atoms. The Hall–Kier alpha value is -2.05. The Labute approximate surface area is 163 Å². The predicted octanol–water partition coefficient (Wildman–Crippen LogP) is 5.82. The predicted molar refractivity (Wildman–Crippen MR) is 101 cm³/mol. The second kappa shape index (κ2) is 9.43. The first-order valence-corrected chi connectivity index (χ1v) is 9.68. The Morgan fingerprint density at radius 3 is 2.43 bits per heavy atom. The molecule has 2 aromatic rings. The van der Waals surface area contributed by atoms with Crippen LogP contribution in [0.2, 0.25) is 0 Å². The number of rotatable bonds is 7. The Morgan fingerprint density at radius 1 is 1.00 bits per heavy atom. The topological polar surface area (TPSA) is 27.7 Å². The molecule has 0 N–H and O–H groups in total. The molecule has 1 aliphatic heterocycles. The third-order valence-corrected chi connectivity index (χ3v) is 4.79. The van der Waals surface area contributed by atoms with Crippen molar-refractivity contribution in [2.24, 2.45) is 0 Å². The summed E-state index contributed by atoms with van der Waals surface area (Å²) in [4.78, 5) is 0. The molecule has 1 heterocycles. The third-order valence-electron chi connectivity index (χ3n) is 4.79. The van der Waals surface area contributed by atoms with Gasteiger partial charge in [0, 0.05) is 17.7 Å². The van der Waals surface area contributed by atoms with E-state index < -0.39 is 17.5 Å². The van der Waals surface area contributed by atoms with Crippen LogP contribution < -0.4 is 4.74 Å². The molecule has 0 radical (unpaired) electrons. The van der Waals surface area contributed by atoms with Crippen LogP contribution in [0.1, 0.15) is 44.8 Å². The molecule has 152 valence electrons. The van der Waals surface area contributed by atoms with E-state index in [4.69, 9.17) is 14.2 Å². The summed E-state index contributed by atoms with van der Waals surface area (Å²) < 4.78 is 59.7. The lowest BCUT2D eigenvalue weighted by Gasteiger charge is -2.29. The zero-order valence-corrected chi connectivity index (χ0v) is 16.1. The summed E-state index contributed by atoms with van der Waals surface area (Å²) in [5, 5.41) is 0. The maximum atomic E-state index is 14.7. The largest absolute Gasteiger partial charge is 0.491 e. The summed E-state index contributed by atoms with van der Waals surface area (Å²) >= 11 is 0. The average molecular weight is 394 g/mol. The summed E-state index contributed by atoms with van der Waals surface area (Å²) in [5.74, 6) is -3.04. The highest BCUT2D eigenvalue weighted by atomic mass is 19.2. The molecule has 0 spiro atoms. The molecular formula is C22H25F3O3. The van der Waals surface area contributed by atoms with Crippen LogP contribution in [0.15, 0.2) is 30.3 Å². The van der Waals surface area contributed by atoms with Crippen LogP contribution in [0.4, 0.5) is 13.2 Å². The smallest absolute Gasteiger partial charge is 0.201 e. The summed E-state index contributed by atoms with van der Waals surface area (Å²) in [5.41, 5.74) is 0.549. The lowest BCUT2D eigenvalue weighted by Crippen LogP contribution is -2.27. The molecule has 1 fully saturated rings. The molecule has 0 saturated carbocycles. The van der Waals surface area contributed by atoms with Crippen molar-refractivity contribution in [3.05, 3.63) is 53.3 Å². The van der Waals surface area contributed by atoms with Crippen LogP contribution >= 0.6 is 0 Å². The molecule has 3 rings (SSSR count). The van der Waals surface area contributed by atoms with Crippen LogP contribution in [0.3, 0.4) is 0 Å². The van der Waals surface area contributed by atoms with E-state index in [-0.39, 0.29) is 35.7 Å². The van der Waals surface area contributed by atoms with Gasteiger partial charge in [0.2, 0.25) is 5.82 Å². The lowest BCUT2D eigenvalue weighted by atomic mass is 9.96. The maximum absolute atomic E-state index is 14.7. The van der Waals surface area contributed by atoms with Crippen LogP contribution in [0.25, 0.3) is 11.1 Å². The van der Waals surface area contributed by atoms with Gasteiger partial charge in [-0.15, -0.1) is 0 Å². The second-order valence-corrected chi connectivity index (χ2v) is 6.80.